The van der Waals surface area contributed by atoms with E-state index >= 15 is 0 Å². The van der Waals surface area contributed by atoms with Gasteiger partial charge in [0.05, 0.1) is 16.6 Å². The standard InChI is InChI=1S/C26H21F2N3O3/c27-17-6-7-22-21(14-17)29-25(16-5-8-23-24(13-16)34-15-33-23)31(22)18-9-11-30(12-10-18)26(32)19-3-1-2-4-20(19)28/h1-8,13-14,18H,9-12,15H2. The van der Waals surface area contributed by atoms with Gasteiger partial charge in [0.25, 0.3) is 5.91 Å². The maximum absolute atomic E-state index is 14.1. The number of fused-ring (bicyclic) bond motifs is 2. The number of piperidine rings is 1. The maximum Gasteiger partial charge on any atom is 0.256 e. The summed E-state index contributed by atoms with van der Waals surface area (Å²) >= 11 is 0. The van der Waals surface area contributed by atoms with Gasteiger partial charge in [-0.15, -0.1) is 0 Å². The molecule has 1 aromatic heterocycles. The van der Waals surface area contributed by atoms with E-state index in [-0.39, 0.29) is 30.1 Å². The topological polar surface area (TPSA) is 56.6 Å². The van der Waals surface area contributed by atoms with Crippen LogP contribution >= 0.6 is 0 Å². The molecule has 4 aromatic rings. The number of aromatic nitrogens is 2. The van der Waals surface area contributed by atoms with E-state index in [1.807, 2.05) is 18.2 Å². The second-order valence-corrected chi connectivity index (χ2v) is 8.51. The van der Waals surface area contributed by atoms with Crippen molar-refractivity contribution in [3.8, 4) is 22.9 Å². The lowest BCUT2D eigenvalue weighted by Crippen LogP contribution is -2.39. The molecule has 0 saturated carbocycles. The van der Waals surface area contributed by atoms with Crippen LogP contribution in [0.25, 0.3) is 22.4 Å². The number of nitrogens with zero attached hydrogens (tertiary/aromatic N) is 3. The summed E-state index contributed by atoms with van der Waals surface area (Å²) in [5.41, 5.74) is 2.32. The molecule has 6 nitrogen and oxygen atoms in total. The van der Waals surface area contributed by atoms with Crippen molar-refractivity contribution in [2.45, 2.75) is 18.9 Å². The lowest BCUT2D eigenvalue weighted by Gasteiger charge is -2.33. The first-order valence-corrected chi connectivity index (χ1v) is 11.2. The minimum Gasteiger partial charge on any atom is -0.454 e. The fourth-order valence-corrected chi connectivity index (χ4v) is 4.81. The number of hydrogen-bond donors (Lipinski definition) is 0. The number of halogens is 2. The van der Waals surface area contributed by atoms with Gasteiger partial charge in [-0.05, 0) is 55.3 Å². The molecule has 0 bridgehead atoms. The largest absolute Gasteiger partial charge is 0.454 e. The highest BCUT2D eigenvalue weighted by Crippen LogP contribution is 2.39. The Hall–Kier alpha value is -3.94. The van der Waals surface area contributed by atoms with E-state index in [1.54, 1.807) is 23.1 Å². The highest BCUT2D eigenvalue weighted by atomic mass is 19.1. The second-order valence-electron chi connectivity index (χ2n) is 8.51. The summed E-state index contributed by atoms with van der Waals surface area (Å²) in [6.07, 6.45) is 1.33. The quantitative estimate of drug-likeness (QED) is 0.422. The smallest absolute Gasteiger partial charge is 0.256 e. The van der Waals surface area contributed by atoms with E-state index in [0.717, 1.165) is 11.1 Å². The molecule has 3 aromatic carbocycles. The van der Waals surface area contributed by atoms with Crippen LogP contribution in [0.1, 0.15) is 29.2 Å². The Labute approximate surface area is 194 Å². The molecule has 0 unspecified atom stereocenters. The molecule has 2 aliphatic heterocycles. The van der Waals surface area contributed by atoms with Crippen LogP contribution in [0.5, 0.6) is 11.5 Å². The SMILES string of the molecule is O=C(c1ccccc1F)N1CCC(n2c(-c3ccc4c(c3)OCO4)nc3cc(F)ccc32)CC1. The van der Waals surface area contributed by atoms with Crippen molar-refractivity contribution < 1.29 is 23.0 Å². The molecule has 6 rings (SSSR count). The lowest BCUT2D eigenvalue weighted by molar-refractivity contribution is 0.0692. The molecular weight excluding hydrogens is 440 g/mol. The predicted molar refractivity (Wildman–Crippen MR) is 122 cm³/mol. The average molecular weight is 461 g/mol. The van der Waals surface area contributed by atoms with E-state index in [1.165, 1.54) is 24.3 Å². The first-order chi connectivity index (χ1) is 16.6. The summed E-state index contributed by atoms with van der Waals surface area (Å²) < 4.78 is 41.2. The van der Waals surface area contributed by atoms with Gasteiger partial charge < -0.3 is 18.9 Å². The van der Waals surface area contributed by atoms with Gasteiger partial charge in [-0.2, -0.15) is 0 Å². The number of benzene rings is 3. The van der Waals surface area contributed by atoms with Crippen LogP contribution in [-0.2, 0) is 0 Å². The van der Waals surface area contributed by atoms with Crippen LogP contribution in [-0.4, -0.2) is 40.2 Å². The van der Waals surface area contributed by atoms with E-state index in [9.17, 15) is 13.6 Å². The average Bonchev–Trinajstić information content (AvgIpc) is 3.48. The summed E-state index contributed by atoms with van der Waals surface area (Å²) in [6.45, 7) is 1.15. The number of likely N-dealkylation sites (tertiary alicyclic amines) is 1. The lowest BCUT2D eigenvalue weighted by atomic mass is 10.0. The van der Waals surface area contributed by atoms with Crippen molar-refractivity contribution >= 4 is 16.9 Å². The Kier molecular flexibility index (Phi) is 4.94. The summed E-state index contributed by atoms with van der Waals surface area (Å²) in [5.74, 6) is 0.870. The molecule has 1 amide bonds. The Morgan fingerprint density at radius 2 is 1.74 bits per heavy atom. The van der Waals surface area contributed by atoms with Crippen molar-refractivity contribution in [1.82, 2.24) is 14.5 Å². The zero-order chi connectivity index (χ0) is 23.2. The predicted octanol–water partition coefficient (Wildman–Crippen LogP) is 5.19. The van der Waals surface area contributed by atoms with Gasteiger partial charge in [0.15, 0.2) is 11.5 Å². The number of amides is 1. The van der Waals surface area contributed by atoms with Crippen LogP contribution in [0.3, 0.4) is 0 Å². The number of carbonyl (C=O) groups excluding carboxylic acids is 1. The van der Waals surface area contributed by atoms with E-state index in [0.29, 0.717) is 48.8 Å². The van der Waals surface area contributed by atoms with Gasteiger partial charge in [0.1, 0.15) is 17.5 Å². The molecule has 0 radical (unpaired) electrons. The van der Waals surface area contributed by atoms with Gasteiger partial charge in [0, 0.05) is 30.8 Å². The fourth-order valence-electron chi connectivity index (χ4n) is 4.81. The van der Waals surface area contributed by atoms with E-state index < -0.39 is 5.82 Å². The van der Waals surface area contributed by atoms with Crippen molar-refractivity contribution in [1.29, 1.82) is 0 Å². The highest BCUT2D eigenvalue weighted by molar-refractivity contribution is 5.94. The summed E-state index contributed by atoms with van der Waals surface area (Å²) in [5, 5.41) is 0. The monoisotopic (exact) mass is 461 g/mol. The summed E-state index contributed by atoms with van der Waals surface area (Å²) in [7, 11) is 0. The zero-order valence-electron chi connectivity index (χ0n) is 18.2. The maximum atomic E-state index is 14.1. The number of ether oxygens (including phenoxy) is 2. The fraction of sp³-hybridized carbons (Fsp3) is 0.231. The van der Waals surface area contributed by atoms with Crippen LogP contribution in [0, 0.1) is 11.6 Å². The third-order valence-electron chi connectivity index (χ3n) is 6.50. The van der Waals surface area contributed by atoms with E-state index in [2.05, 4.69) is 4.57 Å². The number of carbonyl (C=O) groups is 1. The number of imidazole rings is 1. The molecule has 2 aliphatic rings. The molecule has 0 atom stereocenters. The van der Waals surface area contributed by atoms with Gasteiger partial charge in [0.2, 0.25) is 6.79 Å². The zero-order valence-corrected chi connectivity index (χ0v) is 18.2. The molecule has 1 saturated heterocycles. The van der Waals surface area contributed by atoms with Gasteiger partial charge in [-0.3, -0.25) is 4.79 Å². The van der Waals surface area contributed by atoms with Crippen LogP contribution < -0.4 is 9.47 Å². The Morgan fingerprint density at radius 1 is 0.941 bits per heavy atom. The van der Waals surface area contributed by atoms with Crippen LogP contribution in [0.4, 0.5) is 8.78 Å². The molecule has 1 fully saturated rings. The van der Waals surface area contributed by atoms with E-state index in [4.69, 9.17) is 14.5 Å². The number of rotatable bonds is 3. The van der Waals surface area contributed by atoms with Crippen molar-refractivity contribution in [2.24, 2.45) is 0 Å². The molecular formula is C26H21F2N3O3. The molecule has 34 heavy (non-hydrogen) atoms. The number of hydrogen-bond acceptors (Lipinski definition) is 4. The van der Waals surface area contributed by atoms with Crippen LogP contribution in [0.2, 0.25) is 0 Å². The highest BCUT2D eigenvalue weighted by Gasteiger charge is 2.29. The Balaban J connectivity index is 1.33. The Morgan fingerprint density at radius 3 is 2.56 bits per heavy atom. The summed E-state index contributed by atoms with van der Waals surface area (Å²) in [4.78, 5) is 19.3. The third-order valence-corrected chi connectivity index (χ3v) is 6.50. The molecule has 0 spiro atoms. The molecule has 3 heterocycles. The van der Waals surface area contributed by atoms with Gasteiger partial charge in [-0.25, -0.2) is 13.8 Å². The third kappa shape index (κ3) is 3.46. The first kappa shape index (κ1) is 20.7. The van der Waals surface area contributed by atoms with Gasteiger partial charge in [-0.1, -0.05) is 12.1 Å². The van der Waals surface area contributed by atoms with Crippen molar-refractivity contribution in [2.75, 3.05) is 19.9 Å². The minimum absolute atomic E-state index is 0.0422. The minimum atomic E-state index is -0.512. The normalized spacial score (nSPS) is 15.8. The summed E-state index contributed by atoms with van der Waals surface area (Å²) in [6, 6.07) is 16.3. The molecule has 0 aliphatic carbocycles. The van der Waals surface area contributed by atoms with Crippen molar-refractivity contribution in [3.63, 3.8) is 0 Å². The van der Waals surface area contributed by atoms with Crippen molar-refractivity contribution in [3.05, 3.63) is 77.9 Å². The first-order valence-electron chi connectivity index (χ1n) is 11.2. The molecule has 0 N–H and O–H groups in total. The molecule has 172 valence electrons. The second kappa shape index (κ2) is 8.13. The Bertz CT molecular complexity index is 1410. The van der Waals surface area contributed by atoms with Gasteiger partial charge >= 0.3 is 0 Å². The van der Waals surface area contributed by atoms with Crippen LogP contribution in [0.15, 0.2) is 60.7 Å². The molecule has 8 heteroatoms.